The summed E-state index contributed by atoms with van der Waals surface area (Å²) in [4.78, 5) is 28.7. The minimum atomic E-state index is -1.44. The van der Waals surface area contributed by atoms with Gasteiger partial charge in [-0.25, -0.2) is 4.79 Å². The van der Waals surface area contributed by atoms with Crippen LogP contribution in [0.2, 0.25) is 0 Å². The number of hydrogen-bond acceptors (Lipinski definition) is 5. The molecule has 3 aromatic rings. The first-order chi connectivity index (χ1) is 15.3. The molecule has 8 nitrogen and oxygen atoms in total. The number of carboxylic acids is 1. The Bertz CT molecular complexity index is 1230. The summed E-state index contributed by atoms with van der Waals surface area (Å²) in [5, 5.41) is 20.7. The number of H-pyrrole nitrogens is 1. The lowest BCUT2D eigenvalue weighted by Crippen LogP contribution is -2.36. The molecule has 178 valence electrons. The Kier molecular flexibility index (Phi) is 7.51. The molecular formula is C24H30ClN3O5. The fourth-order valence-electron chi connectivity index (χ4n) is 4.64. The molecular weight excluding hydrogens is 446 g/mol. The van der Waals surface area contributed by atoms with Crippen LogP contribution in [-0.2, 0) is 24.8 Å². The van der Waals surface area contributed by atoms with Crippen molar-refractivity contribution in [3.8, 4) is 17.0 Å². The van der Waals surface area contributed by atoms with Crippen molar-refractivity contribution in [1.29, 1.82) is 0 Å². The van der Waals surface area contributed by atoms with Crippen LogP contribution in [0.4, 0.5) is 0 Å². The average molecular weight is 476 g/mol. The number of ether oxygens (including phenoxy) is 1. The van der Waals surface area contributed by atoms with E-state index in [0.717, 1.165) is 49.1 Å². The summed E-state index contributed by atoms with van der Waals surface area (Å²) in [6, 6.07) is 8.49. The van der Waals surface area contributed by atoms with Crippen molar-refractivity contribution in [2.75, 3.05) is 20.3 Å². The number of nitrogens with one attached hydrogen (secondary N) is 1. The second kappa shape index (κ2) is 9.99. The zero-order chi connectivity index (χ0) is 23.0. The predicted octanol–water partition coefficient (Wildman–Crippen LogP) is 3.53. The van der Waals surface area contributed by atoms with Gasteiger partial charge in [0.1, 0.15) is 5.75 Å². The van der Waals surface area contributed by atoms with Gasteiger partial charge in [0, 0.05) is 55.0 Å². The Hall–Kier alpha value is -2.81. The van der Waals surface area contributed by atoms with Crippen LogP contribution in [0.5, 0.6) is 5.75 Å². The van der Waals surface area contributed by atoms with E-state index in [2.05, 4.69) is 27.6 Å². The summed E-state index contributed by atoms with van der Waals surface area (Å²) >= 11 is 0. The third-order valence-corrected chi connectivity index (χ3v) is 6.51. The van der Waals surface area contributed by atoms with Crippen LogP contribution in [0.3, 0.4) is 0 Å². The number of fused-ring (bicyclic) bond motifs is 1. The van der Waals surface area contributed by atoms with E-state index in [4.69, 9.17) is 4.74 Å². The maximum Gasteiger partial charge on any atom is 0.345 e. The number of rotatable bonds is 6. The average Bonchev–Trinajstić information content (AvgIpc) is 3.08. The molecule has 0 saturated carbocycles. The molecule has 4 rings (SSSR count). The van der Waals surface area contributed by atoms with Gasteiger partial charge in [0.25, 0.3) is 5.56 Å². The topological polar surface area (TPSA) is 108 Å². The molecule has 0 radical (unpaired) electrons. The minimum Gasteiger partial charge on any atom is -0.506 e. The maximum absolute atomic E-state index is 12.3. The number of benzene rings is 1. The van der Waals surface area contributed by atoms with E-state index >= 15 is 0 Å². The highest BCUT2D eigenvalue weighted by Crippen LogP contribution is 2.32. The number of pyridine rings is 1. The van der Waals surface area contributed by atoms with Gasteiger partial charge in [-0.3, -0.25) is 9.69 Å². The van der Waals surface area contributed by atoms with E-state index in [9.17, 15) is 19.8 Å². The molecule has 2 aromatic heterocycles. The van der Waals surface area contributed by atoms with E-state index in [1.54, 1.807) is 0 Å². The number of hydrogen-bond donors (Lipinski definition) is 3. The van der Waals surface area contributed by atoms with Gasteiger partial charge in [-0.2, -0.15) is 0 Å². The van der Waals surface area contributed by atoms with Gasteiger partial charge in [-0.15, -0.1) is 12.4 Å². The first-order valence-corrected chi connectivity index (χ1v) is 10.9. The summed E-state index contributed by atoms with van der Waals surface area (Å²) in [5.41, 5.74) is 2.41. The molecule has 1 aromatic carbocycles. The largest absolute Gasteiger partial charge is 0.506 e. The fraction of sp³-hybridized carbons (Fsp3) is 0.417. The van der Waals surface area contributed by atoms with Crippen LogP contribution in [0.15, 0.2) is 29.1 Å². The summed E-state index contributed by atoms with van der Waals surface area (Å²) in [7, 11) is 4.19. The number of halogens is 1. The highest BCUT2D eigenvalue weighted by Gasteiger charge is 2.23. The van der Waals surface area contributed by atoms with Crippen molar-refractivity contribution < 1.29 is 19.7 Å². The molecule has 0 atom stereocenters. The number of aromatic amines is 1. The van der Waals surface area contributed by atoms with E-state index in [0.29, 0.717) is 23.7 Å². The van der Waals surface area contributed by atoms with Crippen molar-refractivity contribution in [3.63, 3.8) is 0 Å². The van der Waals surface area contributed by atoms with Gasteiger partial charge in [0.15, 0.2) is 5.56 Å². The smallest absolute Gasteiger partial charge is 0.345 e. The summed E-state index contributed by atoms with van der Waals surface area (Å²) in [6.45, 7) is 4.24. The number of aromatic hydroxyl groups is 1. The Morgan fingerprint density at radius 3 is 2.61 bits per heavy atom. The van der Waals surface area contributed by atoms with Crippen LogP contribution in [0, 0.1) is 0 Å². The first-order valence-electron chi connectivity index (χ1n) is 10.9. The predicted molar refractivity (Wildman–Crippen MR) is 130 cm³/mol. The molecule has 0 unspecified atom stereocenters. The van der Waals surface area contributed by atoms with Crippen LogP contribution in [0.25, 0.3) is 22.2 Å². The lowest BCUT2D eigenvalue weighted by Gasteiger charge is -2.31. The van der Waals surface area contributed by atoms with Crippen molar-refractivity contribution in [1.82, 2.24) is 14.5 Å². The number of carboxylic acid groups (broad SMARTS) is 1. The van der Waals surface area contributed by atoms with Gasteiger partial charge < -0.3 is 24.5 Å². The van der Waals surface area contributed by atoms with Crippen molar-refractivity contribution in [3.05, 3.63) is 51.4 Å². The van der Waals surface area contributed by atoms with Crippen LogP contribution >= 0.6 is 12.4 Å². The molecule has 3 heterocycles. The molecule has 3 N–H and O–H groups in total. The van der Waals surface area contributed by atoms with Crippen LogP contribution in [0.1, 0.15) is 41.4 Å². The third kappa shape index (κ3) is 4.64. The molecule has 1 aliphatic heterocycles. The molecule has 33 heavy (non-hydrogen) atoms. The molecule has 1 saturated heterocycles. The fourth-order valence-corrected chi connectivity index (χ4v) is 4.64. The normalized spacial score (nSPS) is 14.5. The van der Waals surface area contributed by atoms with E-state index in [1.165, 1.54) is 5.69 Å². The first kappa shape index (κ1) is 24.8. The van der Waals surface area contributed by atoms with E-state index in [-0.39, 0.29) is 12.4 Å². The summed E-state index contributed by atoms with van der Waals surface area (Å²) in [5.74, 6) is -1.91. The van der Waals surface area contributed by atoms with Gasteiger partial charge in [0.2, 0.25) is 0 Å². The number of aromatic carboxylic acids is 1. The zero-order valence-corrected chi connectivity index (χ0v) is 19.9. The number of aromatic nitrogens is 2. The highest BCUT2D eigenvalue weighted by molar-refractivity contribution is 5.92. The summed E-state index contributed by atoms with van der Waals surface area (Å²) < 4.78 is 7.65. The molecule has 0 spiro atoms. The van der Waals surface area contributed by atoms with Gasteiger partial charge in [0.05, 0.1) is 5.69 Å². The molecule has 1 fully saturated rings. The standard InChI is InChI=1S/C24H29N3O5.ClH/c1-4-18-21(25-23(29)20(22(18)28)24(30)31)14-5-6-19-15(11-14)12-17(27(19)3)13-26(2)16-7-9-32-10-8-16;/h5-6,11-12,16H,4,7-10,13H2,1-3H3,(H,30,31)(H2,25,28,29);1H. The van der Waals surface area contributed by atoms with Crippen molar-refractivity contribution in [2.45, 2.75) is 38.8 Å². The van der Waals surface area contributed by atoms with Gasteiger partial charge >= 0.3 is 5.97 Å². The number of nitrogens with zero attached hydrogens (tertiary/aromatic N) is 2. The minimum absolute atomic E-state index is 0. The molecule has 0 bridgehead atoms. The molecule has 0 amide bonds. The van der Waals surface area contributed by atoms with Crippen LogP contribution in [-0.4, -0.2) is 56.9 Å². The Morgan fingerprint density at radius 2 is 1.97 bits per heavy atom. The Labute approximate surface area is 198 Å². The second-order valence-electron chi connectivity index (χ2n) is 8.42. The number of carbonyl (C=O) groups is 1. The molecule has 9 heteroatoms. The Balaban J connectivity index is 0.00000306. The van der Waals surface area contributed by atoms with E-state index < -0.39 is 22.8 Å². The van der Waals surface area contributed by atoms with Gasteiger partial charge in [-0.05, 0) is 50.1 Å². The lowest BCUT2D eigenvalue weighted by atomic mass is 9.99. The Morgan fingerprint density at radius 1 is 1.27 bits per heavy atom. The van der Waals surface area contributed by atoms with Crippen LogP contribution < -0.4 is 5.56 Å². The van der Waals surface area contributed by atoms with Crippen molar-refractivity contribution in [2.24, 2.45) is 7.05 Å². The SMILES string of the molecule is CCc1c(-c2ccc3c(c2)cc(CN(C)C2CCOCC2)n3C)[nH]c(=O)c(C(=O)O)c1O.Cl. The molecule has 0 aliphatic carbocycles. The highest BCUT2D eigenvalue weighted by atomic mass is 35.5. The van der Waals surface area contributed by atoms with E-state index in [1.807, 2.05) is 32.2 Å². The monoisotopic (exact) mass is 475 g/mol. The second-order valence-corrected chi connectivity index (χ2v) is 8.42. The lowest BCUT2D eigenvalue weighted by molar-refractivity contribution is 0.0401. The third-order valence-electron chi connectivity index (χ3n) is 6.51. The summed E-state index contributed by atoms with van der Waals surface area (Å²) in [6.07, 6.45) is 2.45. The van der Waals surface area contributed by atoms with Gasteiger partial charge in [-0.1, -0.05) is 13.0 Å². The van der Waals surface area contributed by atoms with Crippen molar-refractivity contribution >= 4 is 29.3 Å². The molecule has 1 aliphatic rings. The zero-order valence-electron chi connectivity index (χ0n) is 19.1. The number of aryl methyl sites for hydroxylation is 1. The maximum atomic E-state index is 12.3. The quantitative estimate of drug-likeness (QED) is 0.503.